The van der Waals surface area contributed by atoms with E-state index in [0.29, 0.717) is 17.9 Å². The minimum Gasteiger partial charge on any atom is -0.462 e. The van der Waals surface area contributed by atoms with Crippen molar-refractivity contribution >= 4 is 11.7 Å². The summed E-state index contributed by atoms with van der Waals surface area (Å²) < 4.78 is 4.77. The van der Waals surface area contributed by atoms with Crippen LogP contribution in [0.5, 0.6) is 0 Å². The van der Waals surface area contributed by atoms with Crippen molar-refractivity contribution in [3.05, 3.63) is 29.8 Å². The van der Waals surface area contributed by atoms with Gasteiger partial charge in [-0.3, -0.25) is 0 Å². The first-order chi connectivity index (χ1) is 5.74. The van der Waals surface area contributed by atoms with Crippen molar-refractivity contribution in [1.82, 2.24) is 0 Å². The quantitative estimate of drug-likeness (QED) is 0.528. The molecule has 0 heterocycles. The molecule has 0 unspecified atom stereocenters. The zero-order chi connectivity index (χ0) is 8.97. The maximum Gasteiger partial charge on any atom is 0.338 e. The SMILES string of the molecule is CCOC(=O)c1c[c]cc(N)c1. The summed E-state index contributed by atoms with van der Waals surface area (Å²) in [6, 6.07) is 7.46. The Morgan fingerprint density at radius 3 is 3.00 bits per heavy atom. The molecule has 3 heteroatoms. The monoisotopic (exact) mass is 164 g/mol. The Morgan fingerprint density at radius 2 is 2.42 bits per heavy atom. The highest BCUT2D eigenvalue weighted by molar-refractivity contribution is 5.90. The molecular weight excluding hydrogens is 154 g/mol. The number of benzene rings is 1. The molecule has 0 spiro atoms. The van der Waals surface area contributed by atoms with Gasteiger partial charge >= 0.3 is 5.97 Å². The first kappa shape index (κ1) is 8.59. The standard InChI is InChI=1S/C9H10NO2/c1-2-12-9(11)7-4-3-5-8(10)6-7/h4-6H,2,10H2,1H3. The summed E-state index contributed by atoms with van der Waals surface area (Å²) in [6.07, 6.45) is 0. The van der Waals surface area contributed by atoms with Gasteiger partial charge in [0.2, 0.25) is 0 Å². The maximum atomic E-state index is 11.1. The number of hydrogen-bond donors (Lipinski definition) is 1. The molecule has 1 radical (unpaired) electrons. The Bertz CT molecular complexity index is 284. The van der Waals surface area contributed by atoms with Crippen LogP contribution in [-0.2, 0) is 4.74 Å². The number of anilines is 1. The molecule has 12 heavy (non-hydrogen) atoms. The van der Waals surface area contributed by atoms with E-state index in [4.69, 9.17) is 10.5 Å². The van der Waals surface area contributed by atoms with E-state index in [9.17, 15) is 4.79 Å². The Kier molecular flexibility index (Phi) is 2.69. The van der Waals surface area contributed by atoms with Crippen LogP contribution in [0.2, 0.25) is 0 Å². The van der Waals surface area contributed by atoms with Gasteiger partial charge in [0.25, 0.3) is 0 Å². The third-order valence-corrected chi connectivity index (χ3v) is 1.32. The number of nitrogens with two attached hydrogens (primary N) is 1. The van der Waals surface area contributed by atoms with Gasteiger partial charge in [-0.2, -0.15) is 0 Å². The van der Waals surface area contributed by atoms with E-state index >= 15 is 0 Å². The Labute approximate surface area is 71.1 Å². The van der Waals surface area contributed by atoms with Gasteiger partial charge in [-0.1, -0.05) is 0 Å². The molecule has 0 fully saturated rings. The van der Waals surface area contributed by atoms with Gasteiger partial charge in [-0.05, 0) is 31.2 Å². The van der Waals surface area contributed by atoms with Crippen molar-refractivity contribution < 1.29 is 9.53 Å². The number of rotatable bonds is 2. The summed E-state index contributed by atoms with van der Waals surface area (Å²) in [5.41, 5.74) is 6.41. The van der Waals surface area contributed by atoms with E-state index in [1.807, 2.05) is 0 Å². The zero-order valence-corrected chi connectivity index (χ0v) is 6.83. The lowest BCUT2D eigenvalue weighted by Gasteiger charge is -2.01. The van der Waals surface area contributed by atoms with Crippen LogP contribution in [0.15, 0.2) is 18.2 Å². The van der Waals surface area contributed by atoms with Crippen molar-refractivity contribution in [2.75, 3.05) is 12.3 Å². The molecule has 0 aliphatic heterocycles. The highest BCUT2D eigenvalue weighted by Crippen LogP contribution is 2.06. The Balaban J connectivity index is 2.81. The lowest BCUT2D eigenvalue weighted by Crippen LogP contribution is -2.04. The van der Waals surface area contributed by atoms with Crippen LogP contribution in [0.4, 0.5) is 5.69 Å². The van der Waals surface area contributed by atoms with Gasteiger partial charge in [0.05, 0.1) is 12.2 Å². The molecule has 0 aliphatic rings. The highest BCUT2D eigenvalue weighted by Gasteiger charge is 2.04. The normalized spacial score (nSPS) is 9.42. The second-order valence-electron chi connectivity index (χ2n) is 2.28. The van der Waals surface area contributed by atoms with Crippen molar-refractivity contribution in [2.45, 2.75) is 6.92 Å². The topological polar surface area (TPSA) is 52.3 Å². The molecule has 1 rings (SSSR count). The number of ether oxygens (including phenoxy) is 1. The second-order valence-corrected chi connectivity index (χ2v) is 2.28. The maximum absolute atomic E-state index is 11.1. The molecule has 63 valence electrons. The third kappa shape index (κ3) is 1.99. The molecule has 0 saturated heterocycles. The molecule has 0 amide bonds. The van der Waals surface area contributed by atoms with E-state index in [-0.39, 0.29) is 5.97 Å². The second kappa shape index (κ2) is 3.76. The predicted octanol–water partition coefficient (Wildman–Crippen LogP) is 1.25. The van der Waals surface area contributed by atoms with Crippen LogP contribution < -0.4 is 5.73 Å². The number of hydrogen-bond acceptors (Lipinski definition) is 3. The summed E-state index contributed by atoms with van der Waals surface area (Å²) in [6.45, 7) is 2.13. The molecule has 0 saturated carbocycles. The molecule has 0 atom stereocenters. The highest BCUT2D eigenvalue weighted by atomic mass is 16.5. The van der Waals surface area contributed by atoms with E-state index < -0.39 is 0 Å². The molecule has 2 N–H and O–H groups in total. The minimum atomic E-state index is -0.360. The van der Waals surface area contributed by atoms with Gasteiger partial charge in [-0.25, -0.2) is 4.79 Å². The molecule has 3 nitrogen and oxygen atoms in total. The summed E-state index contributed by atoms with van der Waals surface area (Å²) in [7, 11) is 0. The van der Waals surface area contributed by atoms with E-state index in [0.717, 1.165) is 0 Å². The molecule has 1 aromatic carbocycles. The van der Waals surface area contributed by atoms with Crippen LogP contribution in [0, 0.1) is 6.07 Å². The van der Waals surface area contributed by atoms with Crippen LogP contribution in [-0.4, -0.2) is 12.6 Å². The summed E-state index contributed by atoms with van der Waals surface area (Å²) >= 11 is 0. The first-order valence-electron chi connectivity index (χ1n) is 3.67. The van der Waals surface area contributed by atoms with Crippen molar-refractivity contribution in [3.63, 3.8) is 0 Å². The molecule has 0 aromatic heterocycles. The van der Waals surface area contributed by atoms with Crippen LogP contribution >= 0.6 is 0 Å². The number of carbonyl (C=O) groups excluding carboxylic acids is 1. The van der Waals surface area contributed by atoms with Crippen LogP contribution in [0.1, 0.15) is 17.3 Å². The smallest absolute Gasteiger partial charge is 0.338 e. The largest absolute Gasteiger partial charge is 0.462 e. The number of nitrogen functional groups attached to an aromatic ring is 1. The van der Waals surface area contributed by atoms with Gasteiger partial charge in [-0.15, -0.1) is 0 Å². The van der Waals surface area contributed by atoms with E-state index in [1.165, 1.54) is 0 Å². The van der Waals surface area contributed by atoms with Gasteiger partial charge in [0.15, 0.2) is 0 Å². The summed E-state index contributed by atoms with van der Waals surface area (Å²) in [4.78, 5) is 11.1. The van der Waals surface area contributed by atoms with E-state index in [1.54, 1.807) is 25.1 Å². The van der Waals surface area contributed by atoms with Crippen molar-refractivity contribution in [3.8, 4) is 0 Å². The average molecular weight is 164 g/mol. The number of carbonyl (C=O) groups is 1. The van der Waals surface area contributed by atoms with Gasteiger partial charge in [0, 0.05) is 5.69 Å². The Morgan fingerprint density at radius 1 is 1.67 bits per heavy atom. The molecular formula is C9H10NO2. The summed E-state index contributed by atoms with van der Waals surface area (Å²) in [5.74, 6) is -0.360. The molecule has 0 bridgehead atoms. The van der Waals surface area contributed by atoms with Crippen LogP contribution in [0.3, 0.4) is 0 Å². The van der Waals surface area contributed by atoms with Gasteiger partial charge in [0.1, 0.15) is 0 Å². The molecule has 0 aliphatic carbocycles. The molecule has 1 aromatic rings. The first-order valence-corrected chi connectivity index (χ1v) is 3.67. The number of esters is 1. The van der Waals surface area contributed by atoms with Crippen molar-refractivity contribution in [2.24, 2.45) is 0 Å². The Hall–Kier alpha value is -1.51. The summed E-state index contributed by atoms with van der Waals surface area (Å²) in [5, 5.41) is 0. The fourth-order valence-electron chi connectivity index (χ4n) is 0.823. The third-order valence-electron chi connectivity index (χ3n) is 1.32. The zero-order valence-electron chi connectivity index (χ0n) is 6.83. The lowest BCUT2D eigenvalue weighted by atomic mass is 10.2. The van der Waals surface area contributed by atoms with Crippen molar-refractivity contribution in [1.29, 1.82) is 0 Å². The fraction of sp³-hybridized carbons (Fsp3) is 0.222. The fourth-order valence-corrected chi connectivity index (χ4v) is 0.823. The van der Waals surface area contributed by atoms with Crippen LogP contribution in [0.25, 0.3) is 0 Å². The lowest BCUT2D eigenvalue weighted by molar-refractivity contribution is 0.0526. The van der Waals surface area contributed by atoms with Gasteiger partial charge < -0.3 is 10.5 Å². The van der Waals surface area contributed by atoms with E-state index in [2.05, 4.69) is 6.07 Å². The average Bonchev–Trinajstić information content (AvgIpc) is 2.05. The predicted molar refractivity (Wildman–Crippen MR) is 45.6 cm³/mol. The minimum absolute atomic E-state index is 0.360.